The van der Waals surface area contributed by atoms with Gasteiger partial charge in [0.2, 0.25) is 5.91 Å². The smallest absolute Gasteiger partial charge is 0.230 e. The van der Waals surface area contributed by atoms with E-state index >= 15 is 0 Å². The van der Waals surface area contributed by atoms with E-state index in [0.717, 1.165) is 36.9 Å². The molecule has 1 fully saturated rings. The van der Waals surface area contributed by atoms with Crippen LogP contribution in [0.1, 0.15) is 24.8 Å². The number of amides is 1. The molecule has 1 amide bonds. The molecule has 0 N–H and O–H groups in total. The lowest BCUT2D eigenvalue weighted by Gasteiger charge is -2.30. The number of aryl methyl sites for hydroxylation is 1. The summed E-state index contributed by atoms with van der Waals surface area (Å²) in [7, 11) is 1.46. The molecule has 3 rings (SSSR count). The molecule has 4 heteroatoms. The van der Waals surface area contributed by atoms with Gasteiger partial charge in [0.1, 0.15) is 0 Å². The number of nitrogens with zero attached hydrogens (tertiary/aromatic N) is 1. The first kappa shape index (κ1) is 11.5. The summed E-state index contributed by atoms with van der Waals surface area (Å²) in [6.45, 7) is 0.702. The fourth-order valence-electron chi connectivity index (χ4n) is 2.52. The number of carbonyl (C=O) groups is 1. The quantitative estimate of drug-likeness (QED) is 0.806. The van der Waals surface area contributed by atoms with Gasteiger partial charge in [0.25, 0.3) is 0 Å². The molecule has 0 unspecified atom stereocenters. The van der Waals surface area contributed by atoms with Gasteiger partial charge < -0.3 is 9.64 Å². The fourth-order valence-corrected chi connectivity index (χ4v) is 2.52. The van der Waals surface area contributed by atoms with Gasteiger partial charge in [-0.3, -0.25) is 4.79 Å². The highest BCUT2D eigenvalue weighted by atomic mass is 19.1. The molecule has 18 heavy (non-hydrogen) atoms. The second-order valence-corrected chi connectivity index (χ2v) is 4.98. The lowest BCUT2D eigenvalue weighted by molar-refractivity contribution is -0.119. The first-order chi connectivity index (χ1) is 8.70. The van der Waals surface area contributed by atoms with Gasteiger partial charge in [-0.1, -0.05) is 0 Å². The number of methoxy groups -OCH3 is 1. The second-order valence-electron chi connectivity index (χ2n) is 4.98. The number of hydrogen-bond acceptors (Lipinski definition) is 2. The van der Waals surface area contributed by atoms with Gasteiger partial charge in [-0.15, -0.1) is 0 Å². The summed E-state index contributed by atoms with van der Waals surface area (Å²) in [5, 5.41) is 0. The zero-order chi connectivity index (χ0) is 12.7. The van der Waals surface area contributed by atoms with Crippen LogP contribution < -0.4 is 9.64 Å². The van der Waals surface area contributed by atoms with Crippen LogP contribution in [0.5, 0.6) is 5.75 Å². The zero-order valence-corrected chi connectivity index (χ0v) is 10.4. The Balaban J connectivity index is 1.99. The molecule has 3 nitrogen and oxygen atoms in total. The van der Waals surface area contributed by atoms with Crippen molar-refractivity contribution < 1.29 is 13.9 Å². The summed E-state index contributed by atoms with van der Waals surface area (Å²) in [6.07, 6.45) is 3.76. The van der Waals surface area contributed by atoms with Crippen LogP contribution in [0.3, 0.4) is 0 Å². The normalized spacial score (nSPS) is 18.4. The molecule has 0 spiro atoms. The van der Waals surface area contributed by atoms with Crippen LogP contribution in [-0.2, 0) is 11.2 Å². The third kappa shape index (κ3) is 1.85. The van der Waals surface area contributed by atoms with Crippen molar-refractivity contribution in [3.05, 3.63) is 23.5 Å². The van der Waals surface area contributed by atoms with E-state index in [1.807, 2.05) is 0 Å². The van der Waals surface area contributed by atoms with E-state index in [1.165, 1.54) is 13.2 Å². The Hall–Kier alpha value is -1.58. The predicted molar refractivity (Wildman–Crippen MR) is 66.4 cm³/mol. The highest BCUT2D eigenvalue weighted by molar-refractivity contribution is 5.97. The van der Waals surface area contributed by atoms with Crippen LogP contribution in [0, 0.1) is 11.7 Å². The molecule has 1 aromatic rings. The van der Waals surface area contributed by atoms with Crippen LogP contribution in [0.15, 0.2) is 12.1 Å². The molecule has 0 radical (unpaired) electrons. The summed E-state index contributed by atoms with van der Waals surface area (Å²) in [4.78, 5) is 13.9. The van der Waals surface area contributed by atoms with Crippen LogP contribution in [0.2, 0.25) is 0 Å². The van der Waals surface area contributed by atoms with Gasteiger partial charge in [-0.2, -0.15) is 0 Å². The summed E-state index contributed by atoms with van der Waals surface area (Å²) < 4.78 is 18.8. The molecule has 0 bridgehead atoms. The molecule has 0 atom stereocenters. The van der Waals surface area contributed by atoms with E-state index in [0.29, 0.717) is 6.54 Å². The molecular formula is C14H16FNO2. The zero-order valence-electron chi connectivity index (χ0n) is 10.4. The Labute approximate surface area is 106 Å². The third-order valence-corrected chi connectivity index (χ3v) is 3.66. The number of ether oxygens (including phenoxy) is 1. The monoisotopic (exact) mass is 249 g/mol. The molecule has 1 aliphatic carbocycles. The molecule has 1 aliphatic heterocycles. The Kier molecular flexibility index (Phi) is 2.73. The summed E-state index contributed by atoms with van der Waals surface area (Å²) in [5.74, 6) is 0.183. The van der Waals surface area contributed by atoms with E-state index in [2.05, 4.69) is 0 Å². The summed E-state index contributed by atoms with van der Waals surface area (Å²) in [5.41, 5.74) is 1.74. The summed E-state index contributed by atoms with van der Waals surface area (Å²) in [6, 6.07) is 3.16. The standard InChI is InChI=1S/C14H16FNO2/c1-18-13-7-10-3-2-6-16(12(10)8-11(13)15)14(17)9-4-5-9/h7-9H,2-6H2,1H3. The average molecular weight is 249 g/mol. The van der Waals surface area contributed by atoms with E-state index in [1.54, 1.807) is 11.0 Å². The molecule has 1 aromatic carbocycles. The van der Waals surface area contributed by atoms with E-state index in [-0.39, 0.29) is 17.6 Å². The van der Waals surface area contributed by atoms with Gasteiger partial charge >= 0.3 is 0 Å². The van der Waals surface area contributed by atoms with E-state index in [9.17, 15) is 9.18 Å². The van der Waals surface area contributed by atoms with Crippen molar-refractivity contribution in [1.82, 2.24) is 0 Å². The van der Waals surface area contributed by atoms with Crippen molar-refractivity contribution in [1.29, 1.82) is 0 Å². The minimum absolute atomic E-state index is 0.153. The van der Waals surface area contributed by atoms with Crippen molar-refractivity contribution in [3.8, 4) is 5.75 Å². The van der Waals surface area contributed by atoms with Gasteiger partial charge in [-0.05, 0) is 37.3 Å². The fraction of sp³-hybridized carbons (Fsp3) is 0.500. The number of rotatable bonds is 2. The maximum absolute atomic E-state index is 13.8. The Morgan fingerprint density at radius 3 is 2.89 bits per heavy atom. The molecular weight excluding hydrogens is 233 g/mol. The van der Waals surface area contributed by atoms with Crippen LogP contribution >= 0.6 is 0 Å². The van der Waals surface area contributed by atoms with Crippen molar-refractivity contribution in [2.24, 2.45) is 5.92 Å². The predicted octanol–water partition coefficient (Wildman–Crippen LogP) is 2.52. The van der Waals surface area contributed by atoms with Gasteiger partial charge in [-0.25, -0.2) is 4.39 Å². The minimum Gasteiger partial charge on any atom is -0.494 e. The number of benzene rings is 1. The largest absolute Gasteiger partial charge is 0.494 e. The molecule has 0 saturated heterocycles. The van der Waals surface area contributed by atoms with Crippen LogP contribution in [-0.4, -0.2) is 19.6 Å². The highest BCUT2D eigenvalue weighted by Crippen LogP contribution is 2.37. The average Bonchev–Trinajstić information content (AvgIpc) is 3.20. The first-order valence-corrected chi connectivity index (χ1v) is 6.38. The Morgan fingerprint density at radius 2 is 2.22 bits per heavy atom. The second kappa shape index (κ2) is 4.26. The SMILES string of the molecule is COc1cc2c(cc1F)N(C(=O)C1CC1)CCC2. The van der Waals surface area contributed by atoms with Crippen molar-refractivity contribution in [3.63, 3.8) is 0 Å². The number of anilines is 1. The number of hydrogen-bond donors (Lipinski definition) is 0. The molecule has 96 valence electrons. The molecule has 0 aromatic heterocycles. The highest BCUT2D eigenvalue weighted by Gasteiger charge is 2.35. The Bertz CT molecular complexity index is 497. The van der Waals surface area contributed by atoms with Gasteiger partial charge in [0, 0.05) is 24.2 Å². The Morgan fingerprint density at radius 1 is 1.44 bits per heavy atom. The van der Waals surface area contributed by atoms with Gasteiger partial charge in [0.15, 0.2) is 11.6 Å². The van der Waals surface area contributed by atoms with E-state index < -0.39 is 5.82 Å². The van der Waals surface area contributed by atoms with Crippen molar-refractivity contribution >= 4 is 11.6 Å². The molecule has 2 aliphatic rings. The van der Waals surface area contributed by atoms with Gasteiger partial charge in [0.05, 0.1) is 7.11 Å². The van der Waals surface area contributed by atoms with Crippen molar-refractivity contribution in [2.75, 3.05) is 18.6 Å². The molecule has 1 heterocycles. The summed E-state index contributed by atoms with van der Waals surface area (Å²) >= 11 is 0. The number of fused-ring (bicyclic) bond motifs is 1. The van der Waals surface area contributed by atoms with Crippen molar-refractivity contribution in [2.45, 2.75) is 25.7 Å². The van der Waals surface area contributed by atoms with Crippen LogP contribution in [0.4, 0.5) is 10.1 Å². The molecule has 1 saturated carbocycles. The topological polar surface area (TPSA) is 29.5 Å². The number of halogens is 1. The maximum Gasteiger partial charge on any atom is 0.230 e. The lowest BCUT2D eigenvalue weighted by atomic mass is 10.0. The van der Waals surface area contributed by atoms with Crippen LogP contribution in [0.25, 0.3) is 0 Å². The third-order valence-electron chi connectivity index (χ3n) is 3.66. The van der Waals surface area contributed by atoms with E-state index in [4.69, 9.17) is 4.74 Å². The maximum atomic E-state index is 13.8. The minimum atomic E-state index is -0.397. The lowest BCUT2D eigenvalue weighted by Crippen LogP contribution is -2.36. The first-order valence-electron chi connectivity index (χ1n) is 6.38. The number of carbonyl (C=O) groups excluding carboxylic acids is 1.